The number of unbranched alkanes of at least 4 members (excludes halogenated alkanes) is 2. The molecule has 0 fully saturated rings. The van der Waals surface area contributed by atoms with Crippen molar-refractivity contribution in [2.45, 2.75) is 60.3 Å². The van der Waals surface area contributed by atoms with E-state index in [1.54, 1.807) is 0 Å². The van der Waals surface area contributed by atoms with Crippen LogP contribution >= 0.6 is 0 Å². The number of rotatable bonds is 8. The summed E-state index contributed by atoms with van der Waals surface area (Å²) in [7, 11) is 0. The topological polar surface area (TPSA) is 20.3 Å². The summed E-state index contributed by atoms with van der Waals surface area (Å²) in [6.07, 6.45) is 4.99. The van der Waals surface area contributed by atoms with Crippen molar-refractivity contribution in [2.24, 2.45) is 11.8 Å². The van der Waals surface area contributed by atoms with Crippen molar-refractivity contribution in [2.75, 3.05) is 11.4 Å². The molecule has 1 aromatic rings. The second-order valence-corrected chi connectivity index (χ2v) is 6.54. The van der Waals surface area contributed by atoms with Crippen molar-refractivity contribution in [3.63, 3.8) is 0 Å². The summed E-state index contributed by atoms with van der Waals surface area (Å²) in [5, 5.41) is 0. The molecule has 0 aromatic heterocycles. The fraction of sp³-hybridized carbons (Fsp3) is 0.632. The predicted molar refractivity (Wildman–Crippen MR) is 91.7 cm³/mol. The van der Waals surface area contributed by atoms with Gasteiger partial charge in [0.2, 0.25) is 5.91 Å². The second-order valence-electron chi connectivity index (χ2n) is 6.54. The quantitative estimate of drug-likeness (QED) is 0.602. The molecule has 1 atom stereocenters. The largest absolute Gasteiger partial charge is 0.312 e. The first-order valence-electron chi connectivity index (χ1n) is 8.33. The van der Waals surface area contributed by atoms with Crippen LogP contribution in [0.25, 0.3) is 0 Å². The molecule has 0 aliphatic carbocycles. The fourth-order valence-electron chi connectivity index (χ4n) is 2.58. The number of nitrogens with zero attached hydrogens (tertiary/aromatic N) is 1. The number of carbonyl (C=O) groups is 1. The molecule has 0 aliphatic rings. The Morgan fingerprint density at radius 3 is 2.48 bits per heavy atom. The Morgan fingerprint density at radius 2 is 1.90 bits per heavy atom. The van der Waals surface area contributed by atoms with Gasteiger partial charge < -0.3 is 4.90 Å². The van der Waals surface area contributed by atoms with Gasteiger partial charge in [-0.25, -0.2) is 0 Å². The third kappa shape index (κ3) is 5.91. The van der Waals surface area contributed by atoms with Gasteiger partial charge in [-0.1, -0.05) is 59.1 Å². The van der Waals surface area contributed by atoms with E-state index in [9.17, 15) is 4.79 Å². The Kier molecular flexibility index (Phi) is 7.49. The lowest BCUT2D eigenvalue weighted by molar-refractivity contribution is -0.121. The van der Waals surface area contributed by atoms with Crippen molar-refractivity contribution in [3.05, 3.63) is 29.8 Å². The van der Waals surface area contributed by atoms with Crippen LogP contribution in [-0.4, -0.2) is 12.5 Å². The molecule has 21 heavy (non-hydrogen) atoms. The van der Waals surface area contributed by atoms with Crippen molar-refractivity contribution in [1.82, 2.24) is 0 Å². The van der Waals surface area contributed by atoms with Gasteiger partial charge in [0.15, 0.2) is 0 Å². The number of hydrogen-bond acceptors (Lipinski definition) is 1. The van der Waals surface area contributed by atoms with E-state index in [1.807, 2.05) is 30.9 Å². The van der Waals surface area contributed by atoms with Gasteiger partial charge in [0.05, 0.1) is 0 Å². The van der Waals surface area contributed by atoms with E-state index >= 15 is 0 Å². The van der Waals surface area contributed by atoms with Gasteiger partial charge in [-0.2, -0.15) is 0 Å². The van der Waals surface area contributed by atoms with Gasteiger partial charge in [-0.15, -0.1) is 0 Å². The molecule has 0 aliphatic heterocycles. The van der Waals surface area contributed by atoms with Crippen LogP contribution in [0, 0.1) is 18.8 Å². The maximum atomic E-state index is 12.5. The standard InChI is InChI=1S/C19H31NO/c1-6-7-8-10-17(5)14-20(19(21)15(2)3)18-12-9-11-16(4)13-18/h9,11-13,15,17H,6-8,10,14H2,1-5H3. The third-order valence-corrected chi connectivity index (χ3v) is 3.87. The molecule has 0 N–H and O–H groups in total. The molecule has 1 unspecified atom stereocenters. The second kappa shape index (κ2) is 8.86. The summed E-state index contributed by atoms with van der Waals surface area (Å²) in [5.74, 6) is 0.802. The predicted octanol–water partition coefficient (Wildman–Crippen LogP) is 5.20. The van der Waals surface area contributed by atoms with Crippen LogP contribution in [0.15, 0.2) is 24.3 Å². The van der Waals surface area contributed by atoms with Crippen LogP contribution in [0.2, 0.25) is 0 Å². The molecular formula is C19H31NO. The Balaban J connectivity index is 2.81. The van der Waals surface area contributed by atoms with Gasteiger partial charge in [-0.05, 0) is 37.0 Å². The van der Waals surface area contributed by atoms with Gasteiger partial charge in [-0.3, -0.25) is 4.79 Å². The molecule has 2 heteroatoms. The first-order valence-corrected chi connectivity index (χ1v) is 8.33. The summed E-state index contributed by atoms with van der Waals surface area (Å²) in [5.41, 5.74) is 2.24. The lowest BCUT2D eigenvalue weighted by Gasteiger charge is -2.28. The molecule has 1 amide bonds. The van der Waals surface area contributed by atoms with E-state index in [0.29, 0.717) is 5.92 Å². The zero-order chi connectivity index (χ0) is 15.8. The lowest BCUT2D eigenvalue weighted by Crippen LogP contribution is -2.37. The van der Waals surface area contributed by atoms with Crippen LogP contribution in [0.5, 0.6) is 0 Å². The summed E-state index contributed by atoms with van der Waals surface area (Å²) in [6, 6.07) is 8.27. The first-order chi connectivity index (χ1) is 9.95. The minimum Gasteiger partial charge on any atom is -0.312 e. The number of hydrogen-bond donors (Lipinski definition) is 0. The Labute approximate surface area is 130 Å². The molecular weight excluding hydrogens is 258 g/mol. The maximum absolute atomic E-state index is 12.5. The monoisotopic (exact) mass is 289 g/mol. The molecule has 1 aromatic carbocycles. The van der Waals surface area contributed by atoms with Gasteiger partial charge in [0.1, 0.15) is 0 Å². The fourth-order valence-corrected chi connectivity index (χ4v) is 2.58. The van der Waals surface area contributed by atoms with E-state index in [2.05, 4.69) is 32.9 Å². The molecule has 0 bridgehead atoms. The highest BCUT2D eigenvalue weighted by Crippen LogP contribution is 2.21. The van der Waals surface area contributed by atoms with E-state index in [0.717, 1.165) is 12.2 Å². The number of aryl methyl sites for hydroxylation is 1. The SMILES string of the molecule is CCCCCC(C)CN(C(=O)C(C)C)c1cccc(C)c1. The molecule has 0 radical (unpaired) electrons. The molecule has 0 heterocycles. The van der Waals surface area contributed by atoms with Crippen molar-refractivity contribution >= 4 is 11.6 Å². The van der Waals surface area contributed by atoms with E-state index < -0.39 is 0 Å². The minimum atomic E-state index is 0.0355. The Hall–Kier alpha value is -1.31. The Morgan fingerprint density at radius 1 is 1.19 bits per heavy atom. The van der Waals surface area contributed by atoms with E-state index in [1.165, 1.54) is 31.2 Å². The maximum Gasteiger partial charge on any atom is 0.229 e. The summed E-state index contributed by atoms with van der Waals surface area (Å²) < 4.78 is 0. The molecule has 0 saturated carbocycles. The van der Waals surface area contributed by atoms with E-state index in [-0.39, 0.29) is 11.8 Å². The molecule has 1 rings (SSSR count). The normalized spacial score (nSPS) is 12.5. The highest BCUT2D eigenvalue weighted by molar-refractivity contribution is 5.94. The van der Waals surface area contributed by atoms with Crippen LogP contribution < -0.4 is 4.90 Å². The highest BCUT2D eigenvalue weighted by Gasteiger charge is 2.20. The smallest absolute Gasteiger partial charge is 0.229 e. The van der Waals surface area contributed by atoms with Crippen molar-refractivity contribution < 1.29 is 4.79 Å². The summed E-state index contributed by atoms with van der Waals surface area (Å²) >= 11 is 0. The van der Waals surface area contributed by atoms with E-state index in [4.69, 9.17) is 0 Å². The zero-order valence-corrected chi connectivity index (χ0v) is 14.4. The average molecular weight is 289 g/mol. The third-order valence-electron chi connectivity index (χ3n) is 3.87. The highest BCUT2D eigenvalue weighted by atomic mass is 16.2. The van der Waals surface area contributed by atoms with Gasteiger partial charge in [0.25, 0.3) is 0 Å². The average Bonchev–Trinajstić information content (AvgIpc) is 2.44. The molecule has 2 nitrogen and oxygen atoms in total. The van der Waals surface area contributed by atoms with Gasteiger partial charge >= 0.3 is 0 Å². The number of amides is 1. The van der Waals surface area contributed by atoms with Crippen LogP contribution in [0.1, 0.15) is 58.9 Å². The molecule has 0 saturated heterocycles. The van der Waals surface area contributed by atoms with Crippen LogP contribution in [0.3, 0.4) is 0 Å². The number of anilines is 1. The summed E-state index contributed by atoms with van der Waals surface area (Å²) in [6.45, 7) is 11.3. The van der Waals surface area contributed by atoms with Crippen molar-refractivity contribution in [1.29, 1.82) is 0 Å². The van der Waals surface area contributed by atoms with Crippen molar-refractivity contribution in [3.8, 4) is 0 Å². The molecule has 118 valence electrons. The summed E-state index contributed by atoms with van der Waals surface area (Å²) in [4.78, 5) is 14.5. The zero-order valence-electron chi connectivity index (χ0n) is 14.4. The number of benzene rings is 1. The number of carbonyl (C=O) groups excluding carboxylic acids is 1. The van der Waals surface area contributed by atoms with Crippen LogP contribution in [0.4, 0.5) is 5.69 Å². The van der Waals surface area contributed by atoms with Gasteiger partial charge in [0, 0.05) is 18.2 Å². The lowest BCUT2D eigenvalue weighted by atomic mass is 10.0. The first kappa shape index (κ1) is 17.7. The molecule has 0 spiro atoms. The minimum absolute atomic E-state index is 0.0355. The Bertz CT molecular complexity index is 439. The van der Waals surface area contributed by atoms with Crippen LogP contribution in [-0.2, 0) is 4.79 Å².